The normalized spacial score (nSPS) is 21.1. The van der Waals surface area contributed by atoms with Gasteiger partial charge in [0.2, 0.25) is 0 Å². The van der Waals surface area contributed by atoms with Gasteiger partial charge in [-0.3, -0.25) is 0 Å². The Morgan fingerprint density at radius 3 is 2.61 bits per heavy atom. The number of ether oxygens (including phenoxy) is 1. The molecule has 2 rings (SSSR count). The van der Waals surface area contributed by atoms with Crippen LogP contribution < -0.4 is 15.8 Å². The Hall–Kier alpha value is -1.06. The van der Waals surface area contributed by atoms with E-state index < -0.39 is 0 Å². The van der Waals surface area contributed by atoms with Crippen molar-refractivity contribution in [1.29, 1.82) is 0 Å². The van der Waals surface area contributed by atoms with Crippen molar-refractivity contribution in [2.75, 3.05) is 20.2 Å². The average Bonchev–Trinajstić information content (AvgIpc) is 2.86. The van der Waals surface area contributed by atoms with Crippen molar-refractivity contribution in [2.24, 2.45) is 11.7 Å². The maximum Gasteiger partial charge on any atom is 0.127 e. The molecule has 3 heteroatoms. The van der Waals surface area contributed by atoms with Gasteiger partial charge in [-0.05, 0) is 62.9 Å². The standard InChI is InChI=1S/C15H24N2O/c1-9-7-10(2)13(15(18-4)11(9)3)14(16)12-5-6-17-8-12/h7,12,14,17H,5-6,8,16H2,1-4H3. The lowest BCUT2D eigenvalue weighted by Crippen LogP contribution is -2.25. The van der Waals surface area contributed by atoms with Crippen molar-refractivity contribution in [3.8, 4) is 5.75 Å². The molecular formula is C15H24N2O. The second-order valence-electron chi connectivity index (χ2n) is 5.36. The van der Waals surface area contributed by atoms with Crippen LogP contribution >= 0.6 is 0 Å². The highest BCUT2D eigenvalue weighted by Crippen LogP contribution is 2.37. The van der Waals surface area contributed by atoms with Crippen LogP contribution in [0.1, 0.15) is 34.7 Å². The van der Waals surface area contributed by atoms with Crippen LogP contribution in [0.4, 0.5) is 0 Å². The number of aryl methyl sites for hydroxylation is 2. The number of nitrogens with two attached hydrogens (primary N) is 1. The predicted molar refractivity (Wildman–Crippen MR) is 75.1 cm³/mol. The first-order valence-electron chi connectivity index (χ1n) is 6.67. The van der Waals surface area contributed by atoms with Gasteiger partial charge in [-0.1, -0.05) is 6.07 Å². The van der Waals surface area contributed by atoms with E-state index in [9.17, 15) is 0 Å². The summed E-state index contributed by atoms with van der Waals surface area (Å²) in [7, 11) is 1.74. The van der Waals surface area contributed by atoms with Gasteiger partial charge in [0, 0.05) is 11.6 Å². The van der Waals surface area contributed by atoms with Crippen molar-refractivity contribution >= 4 is 0 Å². The van der Waals surface area contributed by atoms with E-state index in [4.69, 9.17) is 10.5 Å². The largest absolute Gasteiger partial charge is 0.496 e. The zero-order valence-corrected chi connectivity index (χ0v) is 11.8. The van der Waals surface area contributed by atoms with E-state index >= 15 is 0 Å². The number of benzene rings is 1. The molecule has 2 unspecified atom stereocenters. The molecule has 0 aromatic heterocycles. The van der Waals surface area contributed by atoms with Crippen molar-refractivity contribution < 1.29 is 4.74 Å². The van der Waals surface area contributed by atoms with Crippen molar-refractivity contribution in [3.05, 3.63) is 28.3 Å². The van der Waals surface area contributed by atoms with Gasteiger partial charge >= 0.3 is 0 Å². The Bertz CT molecular complexity index is 437. The molecule has 2 atom stereocenters. The van der Waals surface area contributed by atoms with E-state index in [0.29, 0.717) is 5.92 Å². The smallest absolute Gasteiger partial charge is 0.127 e. The van der Waals surface area contributed by atoms with Crippen LogP contribution in [0.5, 0.6) is 5.75 Å². The van der Waals surface area contributed by atoms with Crippen LogP contribution in [0.2, 0.25) is 0 Å². The van der Waals surface area contributed by atoms with Crippen LogP contribution in [0.25, 0.3) is 0 Å². The van der Waals surface area contributed by atoms with E-state index in [2.05, 4.69) is 32.2 Å². The van der Waals surface area contributed by atoms with E-state index in [1.807, 2.05) is 0 Å². The molecule has 0 saturated carbocycles. The fraction of sp³-hybridized carbons (Fsp3) is 0.600. The molecule has 1 aliphatic heterocycles. The first-order chi connectivity index (χ1) is 8.56. The van der Waals surface area contributed by atoms with E-state index in [1.165, 1.54) is 22.3 Å². The van der Waals surface area contributed by atoms with E-state index in [0.717, 1.165) is 25.3 Å². The molecule has 1 heterocycles. The number of nitrogens with one attached hydrogen (secondary N) is 1. The lowest BCUT2D eigenvalue weighted by molar-refractivity contribution is 0.386. The summed E-state index contributed by atoms with van der Waals surface area (Å²) in [5.41, 5.74) is 11.4. The molecule has 3 N–H and O–H groups in total. The van der Waals surface area contributed by atoms with Gasteiger partial charge in [-0.15, -0.1) is 0 Å². The molecule has 1 saturated heterocycles. The van der Waals surface area contributed by atoms with Crippen molar-refractivity contribution in [1.82, 2.24) is 5.32 Å². The van der Waals surface area contributed by atoms with Gasteiger partial charge in [-0.2, -0.15) is 0 Å². The molecule has 1 aromatic rings. The number of hydrogen-bond donors (Lipinski definition) is 2. The van der Waals surface area contributed by atoms with Crippen LogP contribution in [0, 0.1) is 26.7 Å². The highest BCUT2D eigenvalue weighted by molar-refractivity contribution is 5.51. The molecule has 0 aliphatic carbocycles. The van der Waals surface area contributed by atoms with Gasteiger partial charge < -0.3 is 15.8 Å². The fourth-order valence-corrected chi connectivity index (χ4v) is 2.97. The maximum absolute atomic E-state index is 6.48. The SMILES string of the molecule is COc1c(C)c(C)cc(C)c1C(N)C1CCNC1. The Labute approximate surface area is 110 Å². The fourth-order valence-electron chi connectivity index (χ4n) is 2.97. The zero-order chi connectivity index (χ0) is 13.3. The highest BCUT2D eigenvalue weighted by Gasteiger charge is 2.27. The Morgan fingerprint density at radius 2 is 2.06 bits per heavy atom. The summed E-state index contributed by atoms with van der Waals surface area (Å²) in [5, 5.41) is 3.39. The van der Waals surface area contributed by atoms with Gasteiger partial charge in [-0.25, -0.2) is 0 Å². The Kier molecular flexibility index (Phi) is 3.93. The predicted octanol–water partition coefficient (Wildman–Crippen LogP) is 2.23. The molecule has 1 aliphatic rings. The number of methoxy groups -OCH3 is 1. The maximum atomic E-state index is 6.48. The monoisotopic (exact) mass is 248 g/mol. The number of rotatable bonds is 3. The summed E-state index contributed by atoms with van der Waals surface area (Å²) in [6, 6.07) is 2.28. The third kappa shape index (κ3) is 2.25. The highest BCUT2D eigenvalue weighted by atomic mass is 16.5. The Morgan fingerprint density at radius 1 is 1.33 bits per heavy atom. The van der Waals surface area contributed by atoms with Crippen LogP contribution in [0.15, 0.2) is 6.07 Å². The first kappa shape index (κ1) is 13.4. The van der Waals surface area contributed by atoms with Crippen LogP contribution in [-0.4, -0.2) is 20.2 Å². The molecule has 1 fully saturated rings. The molecule has 1 aromatic carbocycles. The second-order valence-corrected chi connectivity index (χ2v) is 5.36. The number of hydrogen-bond acceptors (Lipinski definition) is 3. The molecule has 0 bridgehead atoms. The van der Waals surface area contributed by atoms with Crippen LogP contribution in [-0.2, 0) is 0 Å². The van der Waals surface area contributed by atoms with Crippen LogP contribution in [0.3, 0.4) is 0 Å². The molecule has 3 nitrogen and oxygen atoms in total. The third-order valence-corrected chi connectivity index (χ3v) is 4.18. The van der Waals surface area contributed by atoms with Crippen molar-refractivity contribution in [3.63, 3.8) is 0 Å². The topological polar surface area (TPSA) is 47.3 Å². The minimum Gasteiger partial charge on any atom is -0.496 e. The van der Waals surface area contributed by atoms with E-state index in [-0.39, 0.29) is 6.04 Å². The molecular weight excluding hydrogens is 224 g/mol. The van der Waals surface area contributed by atoms with Gasteiger partial charge in [0.15, 0.2) is 0 Å². The summed E-state index contributed by atoms with van der Waals surface area (Å²) in [5.74, 6) is 1.49. The first-order valence-corrected chi connectivity index (χ1v) is 6.67. The minimum absolute atomic E-state index is 0.0641. The molecule has 0 spiro atoms. The van der Waals surface area contributed by atoms with Gasteiger partial charge in [0.1, 0.15) is 5.75 Å². The van der Waals surface area contributed by atoms with Crippen molar-refractivity contribution in [2.45, 2.75) is 33.2 Å². The van der Waals surface area contributed by atoms with Gasteiger partial charge in [0.05, 0.1) is 7.11 Å². The second kappa shape index (κ2) is 5.29. The lowest BCUT2D eigenvalue weighted by Gasteiger charge is -2.25. The quantitative estimate of drug-likeness (QED) is 0.862. The summed E-state index contributed by atoms with van der Waals surface area (Å²) in [6.07, 6.45) is 1.15. The Balaban J connectivity index is 2.45. The molecule has 18 heavy (non-hydrogen) atoms. The third-order valence-electron chi connectivity index (χ3n) is 4.18. The van der Waals surface area contributed by atoms with Gasteiger partial charge in [0.25, 0.3) is 0 Å². The summed E-state index contributed by atoms with van der Waals surface area (Å²) < 4.78 is 5.62. The molecule has 0 amide bonds. The summed E-state index contributed by atoms with van der Waals surface area (Å²) in [4.78, 5) is 0. The molecule has 100 valence electrons. The van der Waals surface area contributed by atoms with E-state index in [1.54, 1.807) is 7.11 Å². The lowest BCUT2D eigenvalue weighted by atomic mass is 9.87. The summed E-state index contributed by atoms with van der Waals surface area (Å²) >= 11 is 0. The average molecular weight is 248 g/mol. The minimum atomic E-state index is 0.0641. The summed E-state index contributed by atoms with van der Waals surface area (Å²) in [6.45, 7) is 8.45. The molecule has 0 radical (unpaired) electrons. The zero-order valence-electron chi connectivity index (χ0n) is 11.8.